The molecule has 0 spiro atoms. The summed E-state index contributed by atoms with van der Waals surface area (Å²) in [4.78, 5) is 11.5. The van der Waals surface area contributed by atoms with Crippen molar-refractivity contribution in [1.29, 1.82) is 0 Å². The van der Waals surface area contributed by atoms with Gasteiger partial charge < -0.3 is 15.2 Å². The van der Waals surface area contributed by atoms with Crippen molar-refractivity contribution in [3.05, 3.63) is 23.8 Å². The quantitative estimate of drug-likeness (QED) is 0.468. The zero-order valence-electron chi connectivity index (χ0n) is 10.8. The number of carbonyl (C=O) groups is 1. The van der Waals surface area contributed by atoms with Crippen LogP contribution in [0, 0.1) is 0 Å². The van der Waals surface area contributed by atoms with E-state index in [1.165, 1.54) is 7.11 Å². The maximum Gasteiger partial charge on any atom is 0.341 e. The Morgan fingerprint density at radius 3 is 2.89 bits per heavy atom. The van der Waals surface area contributed by atoms with Crippen molar-refractivity contribution in [2.24, 2.45) is 0 Å². The van der Waals surface area contributed by atoms with E-state index in [1.54, 1.807) is 18.2 Å². The van der Waals surface area contributed by atoms with E-state index in [0.717, 1.165) is 17.9 Å². The highest BCUT2D eigenvalue weighted by molar-refractivity contribution is 7.99. The summed E-state index contributed by atoms with van der Waals surface area (Å²) in [5, 5.41) is 0. The Hall–Kier alpha value is -1.36. The van der Waals surface area contributed by atoms with Crippen LogP contribution in [0.5, 0.6) is 5.75 Å². The molecule has 0 atom stereocenters. The summed E-state index contributed by atoms with van der Waals surface area (Å²) in [6, 6.07) is 4.93. The third-order valence-corrected chi connectivity index (χ3v) is 3.29. The monoisotopic (exact) mass is 269 g/mol. The van der Waals surface area contributed by atoms with E-state index >= 15 is 0 Å². The predicted octanol–water partition coefficient (Wildman–Crippen LogP) is 2.58. The van der Waals surface area contributed by atoms with E-state index in [9.17, 15) is 4.79 Å². The maximum atomic E-state index is 11.5. The molecule has 100 valence electrons. The Morgan fingerprint density at radius 2 is 2.22 bits per heavy atom. The maximum absolute atomic E-state index is 11.5. The van der Waals surface area contributed by atoms with Gasteiger partial charge in [-0.1, -0.05) is 6.92 Å². The molecule has 1 aromatic rings. The van der Waals surface area contributed by atoms with Gasteiger partial charge >= 0.3 is 5.97 Å². The molecule has 0 aliphatic rings. The van der Waals surface area contributed by atoms with Crippen LogP contribution in [0.2, 0.25) is 0 Å². The number of nitrogen functional groups attached to an aromatic ring is 1. The number of hydrogen-bond donors (Lipinski definition) is 1. The van der Waals surface area contributed by atoms with Crippen LogP contribution in [-0.4, -0.2) is 31.2 Å². The standard InChI is InChI=1S/C13H19NO3S/c1-3-18-8-4-7-17-12-9-10(14)5-6-11(12)13(15)16-2/h5-6,9H,3-4,7-8,14H2,1-2H3. The number of thioether (sulfide) groups is 1. The molecule has 0 radical (unpaired) electrons. The van der Waals surface area contributed by atoms with Gasteiger partial charge in [0.2, 0.25) is 0 Å². The van der Waals surface area contributed by atoms with Crippen molar-refractivity contribution < 1.29 is 14.3 Å². The second kappa shape index (κ2) is 7.87. The van der Waals surface area contributed by atoms with Crippen LogP contribution in [0.3, 0.4) is 0 Å². The van der Waals surface area contributed by atoms with Crippen LogP contribution in [0.15, 0.2) is 18.2 Å². The molecule has 0 saturated heterocycles. The molecule has 1 rings (SSSR count). The smallest absolute Gasteiger partial charge is 0.341 e. The Bertz CT molecular complexity index is 396. The lowest BCUT2D eigenvalue weighted by molar-refractivity contribution is 0.0596. The molecule has 0 unspecified atom stereocenters. The minimum Gasteiger partial charge on any atom is -0.493 e. The number of carbonyl (C=O) groups excluding carboxylic acids is 1. The van der Waals surface area contributed by atoms with E-state index in [4.69, 9.17) is 15.2 Å². The van der Waals surface area contributed by atoms with Crippen molar-refractivity contribution in [3.63, 3.8) is 0 Å². The van der Waals surface area contributed by atoms with E-state index in [1.807, 2.05) is 11.8 Å². The molecule has 0 aromatic heterocycles. The molecular formula is C13H19NO3S. The molecule has 0 aliphatic heterocycles. The topological polar surface area (TPSA) is 61.5 Å². The molecule has 0 heterocycles. The zero-order chi connectivity index (χ0) is 13.4. The largest absolute Gasteiger partial charge is 0.493 e. The number of hydrogen-bond acceptors (Lipinski definition) is 5. The number of methoxy groups -OCH3 is 1. The van der Waals surface area contributed by atoms with Crippen molar-refractivity contribution in [2.45, 2.75) is 13.3 Å². The van der Waals surface area contributed by atoms with Crippen LogP contribution in [0.4, 0.5) is 5.69 Å². The Kier molecular flexibility index (Phi) is 6.43. The number of nitrogens with two attached hydrogens (primary N) is 1. The third kappa shape index (κ3) is 4.49. The number of benzene rings is 1. The summed E-state index contributed by atoms with van der Waals surface area (Å²) in [6.45, 7) is 2.69. The second-order valence-corrected chi connectivity index (χ2v) is 5.04. The van der Waals surface area contributed by atoms with Crippen LogP contribution < -0.4 is 10.5 Å². The van der Waals surface area contributed by atoms with Gasteiger partial charge in [-0.25, -0.2) is 4.79 Å². The average molecular weight is 269 g/mol. The van der Waals surface area contributed by atoms with Crippen molar-refractivity contribution in [2.75, 3.05) is 31.0 Å². The van der Waals surface area contributed by atoms with Crippen LogP contribution in [-0.2, 0) is 4.74 Å². The summed E-state index contributed by atoms with van der Waals surface area (Å²) >= 11 is 1.87. The fraction of sp³-hybridized carbons (Fsp3) is 0.462. The number of ether oxygens (including phenoxy) is 2. The van der Waals surface area contributed by atoms with E-state index in [-0.39, 0.29) is 0 Å². The molecule has 0 bridgehead atoms. The fourth-order valence-electron chi connectivity index (χ4n) is 1.42. The second-order valence-electron chi connectivity index (χ2n) is 3.65. The highest BCUT2D eigenvalue weighted by atomic mass is 32.2. The summed E-state index contributed by atoms with van der Waals surface area (Å²) in [7, 11) is 1.35. The summed E-state index contributed by atoms with van der Waals surface area (Å²) < 4.78 is 10.3. The minimum absolute atomic E-state index is 0.409. The molecule has 0 amide bonds. The lowest BCUT2D eigenvalue weighted by Gasteiger charge is -2.10. The van der Waals surface area contributed by atoms with Gasteiger partial charge in [0.25, 0.3) is 0 Å². The summed E-state index contributed by atoms with van der Waals surface area (Å²) in [5.41, 5.74) is 6.67. The van der Waals surface area contributed by atoms with Gasteiger partial charge in [-0.2, -0.15) is 11.8 Å². The highest BCUT2D eigenvalue weighted by Gasteiger charge is 2.13. The molecule has 5 heteroatoms. The van der Waals surface area contributed by atoms with Crippen LogP contribution >= 0.6 is 11.8 Å². The first kappa shape index (κ1) is 14.7. The van der Waals surface area contributed by atoms with Gasteiger partial charge in [0.15, 0.2) is 0 Å². The molecule has 4 nitrogen and oxygen atoms in total. The first-order valence-corrected chi connectivity index (χ1v) is 7.03. The average Bonchev–Trinajstić information content (AvgIpc) is 2.38. The summed E-state index contributed by atoms with van der Waals surface area (Å²) in [5.74, 6) is 2.23. The lowest BCUT2D eigenvalue weighted by Crippen LogP contribution is -2.07. The van der Waals surface area contributed by atoms with Crippen LogP contribution in [0.1, 0.15) is 23.7 Å². The Morgan fingerprint density at radius 1 is 1.44 bits per heavy atom. The van der Waals surface area contributed by atoms with Gasteiger partial charge in [0, 0.05) is 11.8 Å². The van der Waals surface area contributed by atoms with Gasteiger partial charge in [-0.3, -0.25) is 0 Å². The van der Waals surface area contributed by atoms with Gasteiger partial charge in [-0.15, -0.1) is 0 Å². The lowest BCUT2D eigenvalue weighted by atomic mass is 10.2. The SMILES string of the molecule is CCSCCCOc1cc(N)ccc1C(=O)OC. The van der Waals surface area contributed by atoms with Gasteiger partial charge in [0.05, 0.1) is 13.7 Å². The van der Waals surface area contributed by atoms with E-state index < -0.39 is 5.97 Å². The molecule has 18 heavy (non-hydrogen) atoms. The van der Waals surface area contributed by atoms with Gasteiger partial charge in [0.1, 0.15) is 11.3 Å². The fourth-order valence-corrected chi connectivity index (χ4v) is 2.04. The molecule has 0 fully saturated rings. The van der Waals surface area contributed by atoms with Crippen LogP contribution in [0.25, 0.3) is 0 Å². The minimum atomic E-state index is -0.409. The zero-order valence-corrected chi connectivity index (χ0v) is 11.6. The Labute approximate surface area is 112 Å². The normalized spacial score (nSPS) is 10.1. The molecule has 0 aliphatic carbocycles. The van der Waals surface area contributed by atoms with E-state index in [2.05, 4.69) is 6.92 Å². The number of esters is 1. The predicted molar refractivity (Wildman–Crippen MR) is 75.3 cm³/mol. The first-order valence-electron chi connectivity index (χ1n) is 5.87. The molecular weight excluding hydrogens is 250 g/mol. The number of anilines is 1. The van der Waals surface area contributed by atoms with Crippen molar-refractivity contribution in [1.82, 2.24) is 0 Å². The van der Waals surface area contributed by atoms with E-state index in [0.29, 0.717) is 23.6 Å². The van der Waals surface area contributed by atoms with Gasteiger partial charge in [-0.05, 0) is 30.1 Å². The van der Waals surface area contributed by atoms with Crippen molar-refractivity contribution >= 4 is 23.4 Å². The first-order chi connectivity index (χ1) is 8.69. The third-order valence-electron chi connectivity index (χ3n) is 2.31. The molecule has 2 N–H and O–H groups in total. The summed E-state index contributed by atoms with van der Waals surface area (Å²) in [6.07, 6.45) is 0.938. The Balaban J connectivity index is 2.62. The van der Waals surface area contributed by atoms with Crippen molar-refractivity contribution in [3.8, 4) is 5.75 Å². The highest BCUT2D eigenvalue weighted by Crippen LogP contribution is 2.23. The molecule has 1 aromatic carbocycles. The number of rotatable bonds is 7. The molecule has 0 saturated carbocycles.